The van der Waals surface area contributed by atoms with Gasteiger partial charge in [0.2, 0.25) is 5.91 Å². The largest absolute Gasteiger partial charge is 0.463 e. The van der Waals surface area contributed by atoms with Crippen molar-refractivity contribution in [1.29, 1.82) is 0 Å². The second-order valence-corrected chi connectivity index (χ2v) is 8.00. The molecule has 1 fully saturated rings. The number of benzene rings is 1. The number of anilines is 3. The zero-order chi connectivity index (χ0) is 20.9. The van der Waals surface area contributed by atoms with E-state index in [-0.39, 0.29) is 36.7 Å². The number of ether oxygens (including phenoxy) is 1. The topological polar surface area (TPSA) is 96.6 Å². The van der Waals surface area contributed by atoms with Crippen LogP contribution in [0.25, 0.3) is 0 Å². The Balaban J connectivity index is 0.00000272. The average molecular weight is 447 g/mol. The SMILES string of the molecule is CCCCOc1nc(N)c2c(n1)N(Cc1cccc(CN3CCCC3)c1)CC(=O)N2.Cl. The minimum absolute atomic E-state index is 0. The number of nitrogens with zero attached hydrogens (tertiary/aromatic N) is 4. The maximum Gasteiger partial charge on any atom is 0.320 e. The van der Waals surface area contributed by atoms with Gasteiger partial charge in [0, 0.05) is 13.1 Å². The average Bonchev–Trinajstić information content (AvgIpc) is 3.22. The van der Waals surface area contributed by atoms with Crippen molar-refractivity contribution in [2.45, 2.75) is 45.7 Å². The normalized spacial score (nSPS) is 15.9. The summed E-state index contributed by atoms with van der Waals surface area (Å²) in [7, 11) is 0. The Kier molecular flexibility index (Phi) is 7.92. The van der Waals surface area contributed by atoms with Crippen LogP contribution in [0.4, 0.5) is 17.3 Å². The van der Waals surface area contributed by atoms with Crippen LogP contribution in [0.1, 0.15) is 43.7 Å². The molecule has 1 saturated heterocycles. The molecule has 1 aromatic heterocycles. The smallest absolute Gasteiger partial charge is 0.320 e. The molecule has 0 spiro atoms. The third-order valence-electron chi connectivity index (χ3n) is 5.49. The monoisotopic (exact) mass is 446 g/mol. The quantitative estimate of drug-likeness (QED) is 0.601. The Bertz CT molecular complexity index is 904. The van der Waals surface area contributed by atoms with E-state index in [1.165, 1.54) is 31.5 Å². The fourth-order valence-electron chi connectivity index (χ4n) is 3.97. The number of carbonyl (C=O) groups excluding carboxylic acids is 1. The Hall–Kier alpha value is -2.58. The van der Waals surface area contributed by atoms with Crippen LogP contribution in [-0.2, 0) is 17.9 Å². The lowest BCUT2D eigenvalue weighted by atomic mass is 10.1. The molecule has 2 aliphatic heterocycles. The van der Waals surface area contributed by atoms with Gasteiger partial charge in [-0.1, -0.05) is 37.6 Å². The minimum atomic E-state index is -0.120. The first-order valence-corrected chi connectivity index (χ1v) is 10.8. The summed E-state index contributed by atoms with van der Waals surface area (Å²) in [5.74, 6) is 0.719. The zero-order valence-corrected chi connectivity index (χ0v) is 18.8. The molecule has 0 saturated carbocycles. The van der Waals surface area contributed by atoms with Crippen molar-refractivity contribution in [2.75, 3.05) is 42.2 Å². The number of carbonyl (C=O) groups is 1. The number of hydrogen-bond donors (Lipinski definition) is 2. The van der Waals surface area contributed by atoms with E-state index in [0.29, 0.717) is 24.7 Å². The van der Waals surface area contributed by atoms with Gasteiger partial charge in [-0.2, -0.15) is 9.97 Å². The number of aromatic nitrogens is 2. The van der Waals surface area contributed by atoms with E-state index in [9.17, 15) is 4.79 Å². The van der Waals surface area contributed by atoms with Crippen molar-refractivity contribution >= 4 is 35.6 Å². The number of fused-ring (bicyclic) bond motifs is 1. The van der Waals surface area contributed by atoms with Crippen molar-refractivity contribution < 1.29 is 9.53 Å². The van der Waals surface area contributed by atoms with Gasteiger partial charge < -0.3 is 20.7 Å². The summed E-state index contributed by atoms with van der Waals surface area (Å²) in [5, 5.41) is 2.81. The molecule has 0 radical (unpaired) electrons. The number of amides is 1. The molecule has 9 heteroatoms. The molecule has 2 aliphatic rings. The summed E-state index contributed by atoms with van der Waals surface area (Å²) < 4.78 is 5.67. The number of hydrogen-bond acceptors (Lipinski definition) is 7. The molecule has 0 unspecified atom stereocenters. The van der Waals surface area contributed by atoms with Gasteiger partial charge in [0.25, 0.3) is 0 Å². The predicted octanol–water partition coefficient (Wildman–Crippen LogP) is 3.21. The van der Waals surface area contributed by atoms with Gasteiger partial charge in [-0.3, -0.25) is 9.69 Å². The summed E-state index contributed by atoms with van der Waals surface area (Å²) in [6.45, 7) is 6.73. The molecule has 2 aromatic rings. The molecule has 0 bridgehead atoms. The van der Waals surface area contributed by atoms with Gasteiger partial charge in [0.05, 0.1) is 13.2 Å². The summed E-state index contributed by atoms with van der Waals surface area (Å²) in [6, 6.07) is 8.80. The molecule has 1 aromatic carbocycles. The van der Waals surface area contributed by atoms with Crippen molar-refractivity contribution in [1.82, 2.24) is 14.9 Å². The lowest BCUT2D eigenvalue weighted by Gasteiger charge is -2.30. The molecule has 1 amide bonds. The molecule has 0 aliphatic carbocycles. The molecule has 31 heavy (non-hydrogen) atoms. The summed E-state index contributed by atoms with van der Waals surface area (Å²) >= 11 is 0. The van der Waals surface area contributed by atoms with E-state index < -0.39 is 0 Å². The lowest BCUT2D eigenvalue weighted by Crippen LogP contribution is -2.39. The Morgan fingerprint density at radius 1 is 1.16 bits per heavy atom. The summed E-state index contributed by atoms with van der Waals surface area (Å²) in [4.78, 5) is 25.4. The highest BCUT2D eigenvalue weighted by molar-refractivity contribution is 6.03. The Morgan fingerprint density at radius 2 is 1.90 bits per heavy atom. The first-order chi connectivity index (χ1) is 14.6. The number of nitrogen functional groups attached to an aromatic ring is 1. The first kappa shape index (κ1) is 23.1. The highest BCUT2D eigenvalue weighted by atomic mass is 35.5. The predicted molar refractivity (Wildman–Crippen MR) is 125 cm³/mol. The highest BCUT2D eigenvalue weighted by Gasteiger charge is 2.27. The molecule has 3 N–H and O–H groups in total. The summed E-state index contributed by atoms with van der Waals surface area (Å²) in [6.07, 6.45) is 4.51. The van der Waals surface area contributed by atoms with Crippen molar-refractivity contribution in [3.8, 4) is 6.01 Å². The Labute approximate surface area is 189 Å². The maximum absolute atomic E-state index is 12.3. The van der Waals surface area contributed by atoms with Gasteiger partial charge in [-0.15, -0.1) is 12.4 Å². The number of rotatable bonds is 8. The second-order valence-electron chi connectivity index (χ2n) is 8.00. The van der Waals surface area contributed by atoms with Gasteiger partial charge in [-0.05, 0) is 43.5 Å². The van der Waals surface area contributed by atoms with Crippen LogP contribution in [0.2, 0.25) is 0 Å². The van der Waals surface area contributed by atoms with Gasteiger partial charge in [-0.25, -0.2) is 0 Å². The van der Waals surface area contributed by atoms with Crippen molar-refractivity contribution in [3.63, 3.8) is 0 Å². The van der Waals surface area contributed by atoms with Crippen molar-refractivity contribution in [2.24, 2.45) is 0 Å². The van der Waals surface area contributed by atoms with Crippen LogP contribution in [-0.4, -0.2) is 47.0 Å². The van der Waals surface area contributed by atoms with Gasteiger partial charge in [0.15, 0.2) is 11.6 Å². The van der Waals surface area contributed by atoms with Crippen LogP contribution in [0.3, 0.4) is 0 Å². The second kappa shape index (κ2) is 10.6. The van der Waals surface area contributed by atoms with E-state index >= 15 is 0 Å². The third-order valence-corrected chi connectivity index (χ3v) is 5.49. The van der Waals surface area contributed by atoms with E-state index in [2.05, 4.69) is 51.4 Å². The highest BCUT2D eigenvalue weighted by Crippen LogP contribution is 2.34. The number of halogens is 1. The minimum Gasteiger partial charge on any atom is -0.463 e. The fraction of sp³-hybridized carbons (Fsp3) is 0.500. The lowest BCUT2D eigenvalue weighted by molar-refractivity contribution is -0.115. The van der Waals surface area contributed by atoms with E-state index in [0.717, 1.165) is 24.9 Å². The van der Waals surface area contributed by atoms with E-state index in [1.807, 2.05) is 4.90 Å². The zero-order valence-electron chi connectivity index (χ0n) is 18.0. The first-order valence-electron chi connectivity index (χ1n) is 10.8. The van der Waals surface area contributed by atoms with Gasteiger partial charge in [0.1, 0.15) is 5.69 Å². The van der Waals surface area contributed by atoms with E-state index in [4.69, 9.17) is 10.5 Å². The number of nitrogens with one attached hydrogen (secondary N) is 1. The van der Waals surface area contributed by atoms with Crippen molar-refractivity contribution in [3.05, 3.63) is 35.4 Å². The van der Waals surface area contributed by atoms with Crippen LogP contribution in [0.15, 0.2) is 24.3 Å². The molecule has 0 atom stereocenters. The molecule has 8 nitrogen and oxygen atoms in total. The number of nitrogens with two attached hydrogens (primary N) is 1. The number of unbranched alkanes of at least 4 members (excludes halogenated alkanes) is 1. The molecule has 4 rings (SSSR count). The summed E-state index contributed by atoms with van der Waals surface area (Å²) in [5.41, 5.74) is 8.99. The number of likely N-dealkylation sites (tertiary alicyclic amines) is 1. The van der Waals surface area contributed by atoms with Crippen LogP contribution in [0, 0.1) is 0 Å². The molecule has 3 heterocycles. The molecule has 168 valence electrons. The maximum atomic E-state index is 12.3. The molecular weight excluding hydrogens is 416 g/mol. The van der Waals surface area contributed by atoms with E-state index in [1.54, 1.807) is 0 Å². The van der Waals surface area contributed by atoms with Gasteiger partial charge >= 0.3 is 6.01 Å². The third kappa shape index (κ3) is 5.77. The Morgan fingerprint density at radius 3 is 2.65 bits per heavy atom. The standard InChI is InChI=1S/C22H30N6O2.ClH/c1-2-3-11-30-22-25-20(23)19-21(26-22)28(15-18(29)24-19)14-17-8-6-7-16(12-17)13-27-9-4-5-10-27;/h6-8,12H,2-5,9-11,13-15H2,1H3,(H,24,29)(H2,23,25,26);1H. The van der Waals surface area contributed by atoms with Crippen LogP contribution >= 0.6 is 12.4 Å². The van der Waals surface area contributed by atoms with Crippen LogP contribution in [0.5, 0.6) is 6.01 Å². The fourth-order valence-corrected chi connectivity index (χ4v) is 3.97. The molecular formula is C22H31ClN6O2. The van der Waals surface area contributed by atoms with Crippen LogP contribution < -0.4 is 20.7 Å².